The second-order valence-electron chi connectivity index (χ2n) is 4.02. The molecule has 2 rings (SSSR count). The fourth-order valence-corrected chi connectivity index (χ4v) is 2.50. The Labute approximate surface area is 136 Å². The van der Waals surface area contributed by atoms with Crippen LogP contribution in [0.25, 0.3) is 10.9 Å². The Bertz CT molecular complexity index is 703. The van der Waals surface area contributed by atoms with Crippen molar-refractivity contribution in [1.82, 2.24) is 14.9 Å². The summed E-state index contributed by atoms with van der Waals surface area (Å²) in [7, 11) is 1.75. The number of halogens is 3. The highest BCUT2D eigenvalue weighted by Gasteiger charge is 2.17. The average molecular weight is 383 g/mol. The van der Waals surface area contributed by atoms with Gasteiger partial charge in [0, 0.05) is 6.54 Å². The molecule has 0 bridgehead atoms. The maximum absolute atomic E-state index is 12.4. The van der Waals surface area contributed by atoms with Crippen LogP contribution in [-0.2, 0) is 13.1 Å². The molecule has 8 heteroatoms. The van der Waals surface area contributed by atoms with E-state index in [9.17, 15) is 9.90 Å². The average Bonchev–Trinajstić information content (AvgIpc) is 2.36. The monoisotopic (exact) mass is 381 g/mol. The number of fused-ring (bicyclic) bond motifs is 1. The minimum atomic E-state index is -0.283. The van der Waals surface area contributed by atoms with E-state index >= 15 is 0 Å². The Balaban J connectivity index is 0.00000200. The van der Waals surface area contributed by atoms with Crippen LogP contribution in [-0.4, -0.2) is 21.7 Å². The van der Waals surface area contributed by atoms with Gasteiger partial charge in [-0.15, -0.1) is 17.0 Å². The number of phenolic OH excluding ortho intramolecular Hbond substituents is 1. The smallest absolute Gasteiger partial charge is 0.263 e. The molecule has 0 aliphatic rings. The Morgan fingerprint density at radius 3 is 2.60 bits per heavy atom. The molecule has 1 aromatic carbocycles. The maximum atomic E-state index is 12.4. The lowest BCUT2D eigenvalue weighted by molar-refractivity contribution is 0.479. The zero-order valence-corrected chi connectivity index (χ0v) is 14.1. The van der Waals surface area contributed by atoms with Crippen molar-refractivity contribution in [3.05, 3.63) is 32.3 Å². The standard InChI is InChI=1S/C12H13Cl2N3O2.BrH/c1-3-17-8(5-15-2)16-10-9(12(17)19)6(13)4-7(14)11(10)18;/h4,15,18H,3,5H2,1-2H3;1H. The van der Waals surface area contributed by atoms with Gasteiger partial charge in [0.2, 0.25) is 0 Å². The molecule has 0 saturated heterocycles. The van der Waals surface area contributed by atoms with Crippen molar-refractivity contribution in [2.24, 2.45) is 0 Å². The normalized spacial score (nSPS) is 10.6. The number of aromatic nitrogens is 2. The van der Waals surface area contributed by atoms with Gasteiger partial charge in [0.05, 0.1) is 22.0 Å². The number of rotatable bonds is 3. The highest BCUT2D eigenvalue weighted by molar-refractivity contribution is 8.93. The fourth-order valence-electron chi connectivity index (χ4n) is 1.97. The SMILES string of the molecule is Br.CCn1c(CNC)nc2c(O)c(Cl)cc(Cl)c2c1=O. The molecular weight excluding hydrogens is 369 g/mol. The summed E-state index contributed by atoms with van der Waals surface area (Å²) in [5, 5.41) is 13.3. The van der Waals surface area contributed by atoms with Crippen molar-refractivity contribution < 1.29 is 5.11 Å². The highest BCUT2D eigenvalue weighted by atomic mass is 79.9. The van der Waals surface area contributed by atoms with Gasteiger partial charge in [-0.1, -0.05) is 23.2 Å². The largest absolute Gasteiger partial charge is 0.504 e. The van der Waals surface area contributed by atoms with Crippen LogP contribution >= 0.6 is 40.2 Å². The number of benzene rings is 1. The van der Waals surface area contributed by atoms with Crippen LogP contribution in [0, 0.1) is 0 Å². The quantitative estimate of drug-likeness (QED) is 0.856. The lowest BCUT2D eigenvalue weighted by atomic mass is 10.2. The molecule has 1 heterocycles. The molecule has 2 aromatic rings. The van der Waals surface area contributed by atoms with Crippen molar-refractivity contribution >= 4 is 51.1 Å². The van der Waals surface area contributed by atoms with E-state index in [0.717, 1.165) is 0 Å². The maximum Gasteiger partial charge on any atom is 0.263 e. The van der Waals surface area contributed by atoms with E-state index in [4.69, 9.17) is 23.2 Å². The van der Waals surface area contributed by atoms with Gasteiger partial charge in [0.25, 0.3) is 5.56 Å². The zero-order chi connectivity index (χ0) is 14.2. The minimum absolute atomic E-state index is 0. The van der Waals surface area contributed by atoms with Crippen LogP contribution in [0.3, 0.4) is 0 Å². The van der Waals surface area contributed by atoms with E-state index < -0.39 is 0 Å². The van der Waals surface area contributed by atoms with Crippen LogP contribution in [0.1, 0.15) is 12.7 Å². The molecule has 0 saturated carbocycles. The van der Waals surface area contributed by atoms with E-state index in [1.807, 2.05) is 6.92 Å². The zero-order valence-electron chi connectivity index (χ0n) is 10.9. The molecule has 0 atom stereocenters. The first-order valence-corrected chi connectivity index (χ1v) is 6.51. The second kappa shape index (κ2) is 6.76. The molecule has 1 aromatic heterocycles. The third-order valence-corrected chi connectivity index (χ3v) is 3.43. The fraction of sp³-hybridized carbons (Fsp3) is 0.333. The van der Waals surface area contributed by atoms with Crippen molar-refractivity contribution in [1.29, 1.82) is 0 Å². The number of nitrogens with zero attached hydrogens (tertiary/aromatic N) is 2. The van der Waals surface area contributed by atoms with Crippen LogP contribution in [0.2, 0.25) is 10.0 Å². The Morgan fingerprint density at radius 1 is 1.40 bits per heavy atom. The molecular formula is C12H14BrCl2N3O2. The molecule has 0 fully saturated rings. The van der Waals surface area contributed by atoms with E-state index in [-0.39, 0.29) is 49.2 Å². The first-order valence-electron chi connectivity index (χ1n) is 5.76. The molecule has 0 unspecified atom stereocenters. The molecule has 20 heavy (non-hydrogen) atoms. The van der Waals surface area contributed by atoms with Gasteiger partial charge in [-0.05, 0) is 20.0 Å². The highest BCUT2D eigenvalue weighted by Crippen LogP contribution is 2.34. The van der Waals surface area contributed by atoms with Crippen LogP contribution in [0.5, 0.6) is 5.75 Å². The summed E-state index contributed by atoms with van der Waals surface area (Å²) in [4.78, 5) is 16.7. The third kappa shape index (κ3) is 2.79. The number of hydrogen-bond donors (Lipinski definition) is 2. The summed E-state index contributed by atoms with van der Waals surface area (Å²) in [6.07, 6.45) is 0. The van der Waals surface area contributed by atoms with Gasteiger partial charge >= 0.3 is 0 Å². The van der Waals surface area contributed by atoms with Gasteiger partial charge in [-0.2, -0.15) is 0 Å². The topological polar surface area (TPSA) is 67.2 Å². The molecule has 0 aliphatic heterocycles. The number of aromatic hydroxyl groups is 1. The van der Waals surface area contributed by atoms with E-state index in [2.05, 4.69) is 10.3 Å². The van der Waals surface area contributed by atoms with Gasteiger partial charge in [-0.25, -0.2) is 4.98 Å². The van der Waals surface area contributed by atoms with E-state index in [0.29, 0.717) is 18.9 Å². The molecule has 5 nitrogen and oxygen atoms in total. The Hall–Kier alpha value is -0.820. The first-order chi connectivity index (χ1) is 9.01. The molecule has 0 aliphatic carbocycles. The van der Waals surface area contributed by atoms with Crippen LogP contribution in [0.15, 0.2) is 10.9 Å². The molecule has 0 spiro atoms. The second-order valence-corrected chi connectivity index (χ2v) is 4.83. The van der Waals surface area contributed by atoms with Crippen molar-refractivity contribution in [3.63, 3.8) is 0 Å². The van der Waals surface area contributed by atoms with Crippen LogP contribution < -0.4 is 10.9 Å². The third-order valence-electron chi connectivity index (χ3n) is 2.84. The van der Waals surface area contributed by atoms with Gasteiger partial charge < -0.3 is 10.4 Å². The number of nitrogens with one attached hydrogen (secondary N) is 1. The van der Waals surface area contributed by atoms with Crippen molar-refractivity contribution in [3.8, 4) is 5.75 Å². The molecule has 0 radical (unpaired) electrons. The predicted octanol–water partition coefficient (Wildman–Crippen LogP) is 2.73. The van der Waals surface area contributed by atoms with Gasteiger partial charge in [-0.3, -0.25) is 9.36 Å². The Morgan fingerprint density at radius 2 is 2.05 bits per heavy atom. The number of hydrogen-bond acceptors (Lipinski definition) is 4. The molecule has 0 amide bonds. The predicted molar refractivity (Wildman–Crippen MR) is 86.4 cm³/mol. The lowest BCUT2D eigenvalue weighted by Crippen LogP contribution is -2.27. The lowest BCUT2D eigenvalue weighted by Gasteiger charge is -2.13. The summed E-state index contributed by atoms with van der Waals surface area (Å²) in [6.45, 7) is 2.72. The Kier molecular flexibility index (Phi) is 5.82. The van der Waals surface area contributed by atoms with E-state index in [1.54, 1.807) is 7.05 Å². The number of phenols is 1. The van der Waals surface area contributed by atoms with Gasteiger partial charge in [0.15, 0.2) is 5.75 Å². The molecule has 110 valence electrons. The van der Waals surface area contributed by atoms with Crippen molar-refractivity contribution in [2.45, 2.75) is 20.0 Å². The minimum Gasteiger partial charge on any atom is -0.504 e. The van der Waals surface area contributed by atoms with Crippen molar-refractivity contribution in [2.75, 3.05) is 7.05 Å². The summed E-state index contributed by atoms with van der Waals surface area (Å²) in [5.41, 5.74) is -0.146. The molecule has 2 N–H and O–H groups in total. The summed E-state index contributed by atoms with van der Waals surface area (Å²) >= 11 is 11.9. The summed E-state index contributed by atoms with van der Waals surface area (Å²) in [6, 6.07) is 1.35. The van der Waals surface area contributed by atoms with Gasteiger partial charge in [0.1, 0.15) is 11.3 Å². The first kappa shape index (κ1) is 17.2. The van der Waals surface area contributed by atoms with E-state index in [1.165, 1.54) is 10.6 Å². The summed E-state index contributed by atoms with van der Waals surface area (Å²) < 4.78 is 1.51. The summed E-state index contributed by atoms with van der Waals surface area (Å²) in [5.74, 6) is 0.301. The van der Waals surface area contributed by atoms with Crippen LogP contribution in [0.4, 0.5) is 0 Å².